The molecule has 1 rings (SSSR count). The molecule has 0 saturated carbocycles. The molecular formula is C4H6N2O2S2. The molecule has 1 aliphatic rings. The van der Waals surface area contributed by atoms with E-state index in [2.05, 4.69) is 4.72 Å². The van der Waals surface area contributed by atoms with Gasteiger partial charge in [0.25, 0.3) is 10.0 Å². The van der Waals surface area contributed by atoms with Crippen LogP contribution in [0.5, 0.6) is 0 Å². The highest BCUT2D eigenvalue weighted by Gasteiger charge is 2.11. The summed E-state index contributed by atoms with van der Waals surface area (Å²) in [5, 5.41) is 6.56. The lowest BCUT2D eigenvalue weighted by atomic mass is 10.6. The lowest BCUT2D eigenvalue weighted by Gasteiger charge is -2.06. The summed E-state index contributed by atoms with van der Waals surface area (Å²) in [7, 11) is -3.55. The summed E-state index contributed by atoms with van der Waals surface area (Å²) in [6, 6.07) is 0. The Kier molecular flexibility index (Phi) is 2.02. The summed E-state index contributed by atoms with van der Waals surface area (Å²) in [5.41, 5.74) is 0. The van der Waals surface area contributed by atoms with Crippen LogP contribution in [-0.4, -0.2) is 8.42 Å². The molecule has 1 heterocycles. The van der Waals surface area contributed by atoms with E-state index < -0.39 is 10.0 Å². The third kappa shape index (κ3) is 1.76. The minimum Gasteiger partial charge on any atom is -0.316 e. The van der Waals surface area contributed by atoms with Crippen LogP contribution in [-0.2, 0) is 10.0 Å². The normalized spacial score (nSPS) is 17.9. The Hall–Kier alpha value is -0.460. The summed E-state index contributed by atoms with van der Waals surface area (Å²) >= 11 is 1.17. The van der Waals surface area contributed by atoms with E-state index in [1.807, 2.05) is 0 Å². The molecule has 6 heteroatoms. The Labute approximate surface area is 63.4 Å². The van der Waals surface area contributed by atoms with Crippen LogP contribution in [0.15, 0.2) is 22.6 Å². The number of nitrogens with two attached hydrogens (primary N) is 1. The van der Waals surface area contributed by atoms with Gasteiger partial charge < -0.3 is 4.72 Å². The second kappa shape index (κ2) is 2.65. The van der Waals surface area contributed by atoms with Crippen molar-refractivity contribution in [2.24, 2.45) is 5.14 Å². The molecule has 1 aliphatic heterocycles. The molecule has 0 aromatic heterocycles. The van der Waals surface area contributed by atoms with Gasteiger partial charge in [-0.15, -0.1) is 0 Å². The quantitative estimate of drug-likeness (QED) is 0.549. The van der Waals surface area contributed by atoms with Crippen LogP contribution in [0.4, 0.5) is 0 Å². The first kappa shape index (κ1) is 7.64. The van der Waals surface area contributed by atoms with E-state index in [0.29, 0.717) is 0 Å². The average molecular weight is 178 g/mol. The minimum atomic E-state index is -3.55. The van der Waals surface area contributed by atoms with Crippen molar-refractivity contribution in [2.45, 2.75) is 0 Å². The van der Waals surface area contributed by atoms with Crippen LogP contribution in [0, 0.1) is 0 Å². The van der Waals surface area contributed by atoms with Crippen molar-refractivity contribution < 1.29 is 8.42 Å². The molecule has 0 amide bonds. The molecule has 0 radical (unpaired) electrons. The second-order valence-corrected chi connectivity index (χ2v) is 3.87. The van der Waals surface area contributed by atoms with Crippen molar-refractivity contribution in [1.82, 2.24) is 4.72 Å². The van der Waals surface area contributed by atoms with Crippen LogP contribution >= 0.6 is 11.9 Å². The molecular weight excluding hydrogens is 172 g/mol. The van der Waals surface area contributed by atoms with Crippen molar-refractivity contribution in [2.75, 3.05) is 0 Å². The molecule has 0 fully saturated rings. The fourth-order valence-corrected chi connectivity index (χ4v) is 1.73. The maximum absolute atomic E-state index is 10.6. The van der Waals surface area contributed by atoms with Gasteiger partial charge in [-0.05, 0) is 23.4 Å². The number of hydrogen-bond donors (Lipinski definition) is 2. The zero-order valence-electron chi connectivity index (χ0n) is 4.94. The van der Waals surface area contributed by atoms with Crippen LogP contribution in [0.3, 0.4) is 0 Å². The first-order chi connectivity index (χ1) is 4.61. The lowest BCUT2D eigenvalue weighted by molar-refractivity contribution is 0.602. The smallest absolute Gasteiger partial charge is 0.253 e. The molecule has 0 aliphatic carbocycles. The van der Waals surface area contributed by atoms with Gasteiger partial charge in [0.2, 0.25) is 0 Å². The average Bonchev–Trinajstić information content (AvgIpc) is 1.88. The zero-order chi connectivity index (χ0) is 7.61. The summed E-state index contributed by atoms with van der Waals surface area (Å²) in [6.45, 7) is 0. The SMILES string of the molecule is NS(=O)(=O)C1=CC=CSN1. The zero-order valence-corrected chi connectivity index (χ0v) is 6.58. The first-order valence-electron chi connectivity index (χ1n) is 2.42. The van der Waals surface area contributed by atoms with E-state index >= 15 is 0 Å². The van der Waals surface area contributed by atoms with Gasteiger partial charge in [-0.25, -0.2) is 13.6 Å². The molecule has 0 aromatic rings. The van der Waals surface area contributed by atoms with Gasteiger partial charge >= 0.3 is 0 Å². The Bertz CT molecular complexity index is 278. The van der Waals surface area contributed by atoms with Crippen molar-refractivity contribution in [1.29, 1.82) is 0 Å². The standard InChI is InChI=1S/C4H6N2O2S2/c5-10(7,8)4-2-1-3-9-6-4/h1-3,6H,(H2,5,7,8). The third-order valence-corrected chi connectivity index (χ3v) is 2.47. The van der Waals surface area contributed by atoms with Crippen molar-refractivity contribution in [3.63, 3.8) is 0 Å². The van der Waals surface area contributed by atoms with Gasteiger partial charge in [0.05, 0.1) is 0 Å². The molecule has 0 atom stereocenters. The molecule has 3 N–H and O–H groups in total. The topological polar surface area (TPSA) is 72.2 Å². The number of nitrogens with one attached hydrogen (secondary N) is 1. The van der Waals surface area contributed by atoms with Crippen LogP contribution < -0.4 is 9.86 Å². The van der Waals surface area contributed by atoms with Crippen LogP contribution in [0.25, 0.3) is 0 Å². The van der Waals surface area contributed by atoms with Gasteiger partial charge in [0.1, 0.15) is 0 Å². The van der Waals surface area contributed by atoms with E-state index in [4.69, 9.17) is 5.14 Å². The number of primary sulfonamides is 1. The summed E-state index contributed by atoms with van der Waals surface area (Å²) in [5.74, 6) is 0. The highest BCUT2D eigenvalue weighted by Crippen LogP contribution is 2.10. The van der Waals surface area contributed by atoms with E-state index in [1.165, 1.54) is 18.0 Å². The number of rotatable bonds is 1. The lowest BCUT2D eigenvalue weighted by Crippen LogP contribution is -2.22. The van der Waals surface area contributed by atoms with Crippen LogP contribution in [0.1, 0.15) is 0 Å². The molecule has 0 bridgehead atoms. The van der Waals surface area contributed by atoms with E-state index in [9.17, 15) is 8.42 Å². The minimum absolute atomic E-state index is 0.0417. The highest BCUT2D eigenvalue weighted by atomic mass is 32.2. The van der Waals surface area contributed by atoms with E-state index in [1.54, 1.807) is 11.5 Å². The molecule has 10 heavy (non-hydrogen) atoms. The van der Waals surface area contributed by atoms with Gasteiger partial charge in [0, 0.05) is 0 Å². The van der Waals surface area contributed by atoms with Gasteiger partial charge in [0.15, 0.2) is 5.03 Å². The molecule has 0 aromatic carbocycles. The second-order valence-electron chi connectivity index (χ2n) is 1.62. The number of hydrogen-bond acceptors (Lipinski definition) is 4. The van der Waals surface area contributed by atoms with Crippen molar-refractivity contribution in [3.05, 3.63) is 22.6 Å². The van der Waals surface area contributed by atoms with Gasteiger partial charge in [-0.2, -0.15) is 0 Å². The van der Waals surface area contributed by atoms with Crippen molar-refractivity contribution >= 4 is 22.0 Å². The molecule has 0 spiro atoms. The molecule has 0 unspecified atom stereocenters. The monoisotopic (exact) mass is 178 g/mol. The first-order valence-corrected chi connectivity index (χ1v) is 4.84. The Morgan fingerprint density at radius 3 is 2.60 bits per heavy atom. The number of allylic oxidation sites excluding steroid dienone is 2. The predicted molar refractivity (Wildman–Crippen MR) is 41.1 cm³/mol. The van der Waals surface area contributed by atoms with Gasteiger partial charge in [-0.3, -0.25) is 0 Å². The maximum atomic E-state index is 10.6. The molecule has 56 valence electrons. The fraction of sp³-hybridized carbons (Fsp3) is 0. The molecule has 4 nitrogen and oxygen atoms in total. The molecule has 0 saturated heterocycles. The largest absolute Gasteiger partial charge is 0.316 e. The van der Waals surface area contributed by atoms with E-state index in [0.717, 1.165) is 0 Å². The van der Waals surface area contributed by atoms with Crippen molar-refractivity contribution in [3.8, 4) is 0 Å². The predicted octanol–water partition coefficient (Wildman–Crippen LogP) is -0.119. The highest BCUT2D eigenvalue weighted by molar-refractivity contribution is 8.02. The Morgan fingerprint density at radius 1 is 1.60 bits per heavy atom. The number of sulfonamides is 1. The maximum Gasteiger partial charge on any atom is 0.253 e. The summed E-state index contributed by atoms with van der Waals surface area (Å²) in [4.78, 5) is 0. The van der Waals surface area contributed by atoms with Crippen LogP contribution in [0.2, 0.25) is 0 Å². The summed E-state index contributed by atoms with van der Waals surface area (Å²) < 4.78 is 23.7. The Morgan fingerprint density at radius 2 is 2.30 bits per heavy atom. The summed E-state index contributed by atoms with van der Waals surface area (Å²) in [6.07, 6.45) is 3.02. The fourth-order valence-electron chi connectivity index (χ4n) is 0.445. The van der Waals surface area contributed by atoms with Gasteiger partial charge in [-0.1, -0.05) is 6.08 Å². The third-order valence-electron chi connectivity index (χ3n) is 0.860. The Balaban J connectivity index is 2.93. The van der Waals surface area contributed by atoms with E-state index in [-0.39, 0.29) is 5.03 Å².